The van der Waals surface area contributed by atoms with Crippen LogP contribution in [-0.2, 0) is 107 Å². The third-order valence-electron chi connectivity index (χ3n) is 19.5. The lowest BCUT2D eigenvalue weighted by Crippen LogP contribution is -2.62. The second-order valence-corrected chi connectivity index (χ2v) is 29.2. The number of likely N-dealkylation sites (tertiary alicyclic amines) is 1. The van der Waals surface area contributed by atoms with Gasteiger partial charge in [0.1, 0.15) is 54.4 Å². The number of aliphatic carboxylic acids is 2. The van der Waals surface area contributed by atoms with Crippen molar-refractivity contribution < 1.29 is 77.6 Å². The molecule has 32 heteroatoms. The molecule has 0 saturated carbocycles. The first-order valence-corrected chi connectivity index (χ1v) is 38.1. The summed E-state index contributed by atoms with van der Waals surface area (Å²) in [7, 11) is 0. The van der Waals surface area contributed by atoms with E-state index < -0.39 is 145 Å². The minimum absolute atomic E-state index is 0.00707. The Balaban J connectivity index is 1.08. The molecule has 113 heavy (non-hydrogen) atoms. The lowest BCUT2D eigenvalue weighted by atomic mass is 9.97. The Morgan fingerprint density at radius 3 is 1.52 bits per heavy atom. The fourth-order valence-electron chi connectivity index (χ4n) is 13.4. The van der Waals surface area contributed by atoms with E-state index >= 15 is 14.4 Å². The molecule has 6 aromatic rings. The lowest BCUT2D eigenvalue weighted by molar-refractivity contribution is -0.142. The molecule has 0 bridgehead atoms. The molecule has 2 fully saturated rings. The van der Waals surface area contributed by atoms with Gasteiger partial charge in [-0.1, -0.05) is 159 Å². The predicted molar refractivity (Wildman–Crippen MR) is 421 cm³/mol. The van der Waals surface area contributed by atoms with Crippen molar-refractivity contribution in [1.29, 1.82) is 5.41 Å². The average Bonchev–Trinajstić information content (AvgIpc) is 1.65. The smallest absolute Gasteiger partial charge is 0.317 e. The van der Waals surface area contributed by atoms with E-state index in [2.05, 4.69) is 58.1 Å². The molecule has 604 valence electrons. The van der Waals surface area contributed by atoms with Crippen molar-refractivity contribution >= 4 is 99.3 Å². The zero-order chi connectivity index (χ0) is 81.7. The highest BCUT2D eigenvalue weighted by Crippen LogP contribution is 2.24. The van der Waals surface area contributed by atoms with Crippen LogP contribution < -0.4 is 64.6 Å². The van der Waals surface area contributed by atoms with E-state index in [0.29, 0.717) is 77.7 Å². The quantitative estimate of drug-likeness (QED) is 0.0145. The SMILES string of the molecule is CC(C)C[C@H](NC(=O)[C@@H](Cc1ccc(CN2CCOCC2)cc1)NC(=O)[C@H](Cc1ccc(CC(=O)O)cc1)NC(=O)[C@H](CO)NC(=O)[C@@H](Cc1ccccc1)NC(=O)[C@@H](Cc1ccc(Cl)cc1)NC(=O)[C@@H](Cc1cccc2ccccc12)NCC(=O)O)C(=O)N[C@@H](CCCNC(=N)N)C(=O)N1CCC[C@H]1C(=O)N[C@H](C)C(N)=O. The molecule has 6 aromatic carbocycles. The Morgan fingerprint density at radius 1 is 0.522 bits per heavy atom. The van der Waals surface area contributed by atoms with E-state index in [0.717, 1.165) is 16.3 Å². The minimum atomic E-state index is -1.86. The van der Waals surface area contributed by atoms with Crippen LogP contribution in [0.15, 0.2) is 146 Å². The summed E-state index contributed by atoms with van der Waals surface area (Å²) in [5, 5.41) is 67.4. The number of nitrogens with two attached hydrogens (primary N) is 2. The van der Waals surface area contributed by atoms with E-state index in [-0.39, 0.29) is 89.2 Å². The van der Waals surface area contributed by atoms with Gasteiger partial charge in [0.25, 0.3) is 0 Å². The number of aliphatic hydroxyl groups excluding tert-OH is 1. The van der Waals surface area contributed by atoms with E-state index in [4.69, 9.17) is 33.2 Å². The van der Waals surface area contributed by atoms with Crippen LogP contribution in [0.1, 0.15) is 91.8 Å². The largest absolute Gasteiger partial charge is 0.481 e. The van der Waals surface area contributed by atoms with Crippen LogP contribution in [0.3, 0.4) is 0 Å². The zero-order valence-corrected chi connectivity index (χ0v) is 64.2. The fraction of sp³-hybridized carbons (Fsp3) is 0.420. The molecule has 8 rings (SSSR count). The van der Waals surface area contributed by atoms with Crippen LogP contribution in [0.25, 0.3) is 10.8 Å². The van der Waals surface area contributed by atoms with Crippen molar-refractivity contribution in [2.75, 3.05) is 52.5 Å². The first kappa shape index (κ1) is 87.2. The number of hydrogen-bond acceptors (Lipinski definition) is 17. The monoisotopic (exact) mass is 1580 g/mol. The summed E-state index contributed by atoms with van der Waals surface area (Å²) in [6.45, 7) is 6.62. The number of primary amides is 1. The summed E-state index contributed by atoms with van der Waals surface area (Å²) in [4.78, 5) is 173. The number of nitrogens with zero attached hydrogens (tertiary/aromatic N) is 2. The highest BCUT2D eigenvalue weighted by atomic mass is 35.5. The number of morpholine rings is 1. The Labute approximate surface area is 660 Å². The molecule has 31 nitrogen and oxygen atoms in total. The maximum absolute atomic E-state index is 15.4. The normalized spacial score (nSPS) is 15.9. The first-order chi connectivity index (χ1) is 54.1. The van der Waals surface area contributed by atoms with Crippen molar-refractivity contribution in [2.45, 2.75) is 158 Å². The number of carbonyl (C=O) groups is 12. The summed E-state index contributed by atoms with van der Waals surface area (Å²) in [5.41, 5.74) is 15.0. The van der Waals surface area contributed by atoms with E-state index in [1.54, 1.807) is 92.7 Å². The topological polar surface area (TPSA) is 477 Å². The number of guanidine groups is 1. The van der Waals surface area contributed by atoms with Crippen LogP contribution in [-0.4, -0.2) is 215 Å². The van der Waals surface area contributed by atoms with E-state index in [1.165, 1.54) is 36.1 Å². The number of amides is 10. The molecule has 2 saturated heterocycles. The van der Waals surface area contributed by atoms with Gasteiger partial charge < -0.3 is 84.3 Å². The number of nitrogens with one attached hydrogen (secondary N) is 11. The van der Waals surface area contributed by atoms with Crippen LogP contribution in [0, 0.1) is 11.3 Å². The van der Waals surface area contributed by atoms with Gasteiger partial charge in [-0.15, -0.1) is 0 Å². The molecule has 18 N–H and O–H groups in total. The van der Waals surface area contributed by atoms with Gasteiger partial charge in [-0.3, -0.25) is 73.2 Å². The number of carboxylic acids is 2. The Morgan fingerprint density at radius 2 is 0.991 bits per heavy atom. The van der Waals surface area contributed by atoms with Gasteiger partial charge in [-0.05, 0) is 113 Å². The number of fused-ring (bicyclic) bond motifs is 1. The average molecular weight is 1580 g/mol. The fourth-order valence-corrected chi connectivity index (χ4v) is 13.5. The van der Waals surface area contributed by atoms with Crippen LogP contribution in [0.2, 0.25) is 5.02 Å². The van der Waals surface area contributed by atoms with Crippen LogP contribution >= 0.6 is 11.6 Å². The van der Waals surface area contributed by atoms with E-state index in [9.17, 15) is 58.5 Å². The second-order valence-electron chi connectivity index (χ2n) is 28.7. The second kappa shape index (κ2) is 43.4. The molecule has 2 aliphatic rings. The van der Waals surface area contributed by atoms with Gasteiger partial charge in [0.15, 0.2) is 5.96 Å². The Bertz CT molecular complexity index is 4280. The third kappa shape index (κ3) is 27.8. The first-order valence-electron chi connectivity index (χ1n) is 37.7. The summed E-state index contributed by atoms with van der Waals surface area (Å²) in [6.07, 6.45) is -0.518. The number of aliphatic hydroxyl groups is 1. The molecule has 0 spiro atoms. The number of carboxylic acid groups (broad SMARTS) is 2. The molecule has 10 atom stereocenters. The molecule has 2 heterocycles. The molecule has 0 aliphatic carbocycles. The summed E-state index contributed by atoms with van der Waals surface area (Å²) < 4.78 is 5.55. The standard InChI is InChI=1S/C81H102ClN15O16/c1-48(2)38-62(73(105)89-60(18-10-32-86-81(84)85)80(112)97-33-11-19-68(97)79(111)88-49(3)71(83)103)90-74(106)65(41-52-24-26-55(27-25-52)46-96-34-36-113-37-35-96)93-76(108)66(40-51-20-22-54(23-21-51)43-69(99)100)94-78(110)67(47-98)95-77(109)63(39-50-12-5-4-6-13-50)92-75(107)64(42-53-28-30-58(82)31-29-53)91-72(104)61(87-45-70(101)102)44-57-16-9-15-56-14-7-8-17-59(56)57/h4-9,12-17,20-31,48-49,60-68,87,98H,10-11,18-19,32-47H2,1-3H3,(H2,83,103)(H,88,111)(H,89,105)(H,90,106)(H,91,104)(H,92,107)(H,93,108)(H,94,110)(H,95,109)(H,99,100)(H,101,102)(H4,84,85,86)/t49-,60+,61-,62+,63-,64-,65-,66+,67+,68+/m1/s1. The highest BCUT2D eigenvalue weighted by Gasteiger charge is 2.41. The third-order valence-corrected chi connectivity index (χ3v) is 19.7. The minimum Gasteiger partial charge on any atom is -0.481 e. The van der Waals surface area contributed by atoms with Crippen molar-refractivity contribution in [2.24, 2.45) is 17.4 Å². The molecule has 0 unspecified atom stereocenters. The van der Waals surface area contributed by atoms with Gasteiger partial charge in [0.05, 0.1) is 38.8 Å². The maximum atomic E-state index is 15.4. The molecule has 0 aromatic heterocycles. The summed E-state index contributed by atoms with van der Waals surface area (Å²) in [5.74, 6) is -11.5. The number of rotatable bonds is 42. The number of halogens is 1. The van der Waals surface area contributed by atoms with Gasteiger partial charge in [0.2, 0.25) is 59.1 Å². The zero-order valence-electron chi connectivity index (χ0n) is 63.4. The van der Waals surface area contributed by atoms with Crippen LogP contribution in [0.4, 0.5) is 0 Å². The lowest BCUT2D eigenvalue weighted by Gasteiger charge is -2.31. The van der Waals surface area contributed by atoms with Crippen molar-refractivity contribution in [3.8, 4) is 0 Å². The Kier molecular flexibility index (Phi) is 33.5. The number of benzene rings is 6. The van der Waals surface area contributed by atoms with Gasteiger partial charge in [-0.2, -0.15) is 0 Å². The van der Waals surface area contributed by atoms with Crippen LogP contribution in [0.5, 0.6) is 0 Å². The number of carbonyl (C=O) groups excluding carboxylic acids is 10. The van der Waals surface area contributed by atoms with Crippen molar-refractivity contribution in [1.82, 2.24) is 63.0 Å². The molecule has 10 amide bonds. The number of ether oxygens (including phenoxy) is 1. The summed E-state index contributed by atoms with van der Waals surface area (Å²) >= 11 is 6.27. The van der Waals surface area contributed by atoms with Crippen molar-refractivity contribution in [3.63, 3.8) is 0 Å². The summed E-state index contributed by atoms with van der Waals surface area (Å²) in [6, 6.07) is 27.2. The molecule has 0 radical (unpaired) electrons. The maximum Gasteiger partial charge on any atom is 0.317 e. The van der Waals surface area contributed by atoms with Gasteiger partial charge in [-0.25, -0.2) is 0 Å². The molecule has 2 aliphatic heterocycles. The van der Waals surface area contributed by atoms with Crippen molar-refractivity contribution in [3.05, 3.63) is 190 Å². The highest BCUT2D eigenvalue weighted by molar-refractivity contribution is 6.30. The molecular weight excluding hydrogens is 1470 g/mol. The van der Waals surface area contributed by atoms with E-state index in [1.807, 2.05) is 42.5 Å². The predicted octanol–water partition coefficient (Wildman–Crippen LogP) is 1.18. The number of hydrogen-bond donors (Lipinski definition) is 16. The van der Waals surface area contributed by atoms with Gasteiger partial charge in [0, 0.05) is 63.4 Å². The Hall–Kier alpha value is -11.4. The molecular formula is C81H102ClN15O16. The van der Waals surface area contributed by atoms with Gasteiger partial charge >= 0.3 is 11.9 Å².